The molecule has 0 radical (unpaired) electrons. The minimum atomic E-state index is 0.228. The van der Waals surface area contributed by atoms with Gasteiger partial charge in [0.15, 0.2) is 0 Å². The van der Waals surface area contributed by atoms with Crippen molar-refractivity contribution in [1.29, 1.82) is 0 Å². The molecule has 0 aromatic heterocycles. The summed E-state index contributed by atoms with van der Waals surface area (Å²) < 4.78 is 5.57. The number of hydrogen-bond acceptors (Lipinski definition) is 3. The molecule has 0 unspecified atom stereocenters. The number of nitrogens with one attached hydrogen (secondary N) is 1. The van der Waals surface area contributed by atoms with Crippen molar-refractivity contribution in [2.45, 2.75) is 32.4 Å². The van der Waals surface area contributed by atoms with Crippen molar-refractivity contribution in [2.75, 3.05) is 18.1 Å². The number of hydrogen-bond donors (Lipinski definition) is 1. The van der Waals surface area contributed by atoms with Crippen LogP contribution in [0.1, 0.15) is 30.4 Å². The maximum Gasteiger partial charge on any atom is 0.226 e. The molecule has 0 atom stereocenters. The number of nitrogens with zero attached hydrogens (tertiary/aromatic N) is 1. The number of para-hydroxylation sites is 1. The summed E-state index contributed by atoms with van der Waals surface area (Å²) in [6.45, 7) is 2.55. The van der Waals surface area contributed by atoms with Gasteiger partial charge in [-0.15, -0.1) is 6.42 Å². The largest absolute Gasteiger partial charge is 0.481 e. The topological polar surface area (TPSA) is 41.6 Å². The van der Waals surface area contributed by atoms with Crippen LogP contribution in [0.5, 0.6) is 5.75 Å². The lowest BCUT2D eigenvalue weighted by Crippen LogP contribution is -2.35. The van der Waals surface area contributed by atoms with E-state index in [-0.39, 0.29) is 12.5 Å². The zero-order valence-corrected chi connectivity index (χ0v) is 14.9. The van der Waals surface area contributed by atoms with Crippen molar-refractivity contribution in [3.05, 3.63) is 59.7 Å². The van der Waals surface area contributed by atoms with Crippen LogP contribution in [0.15, 0.2) is 48.5 Å². The maximum atomic E-state index is 12.0. The van der Waals surface area contributed by atoms with Gasteiger partial charge in [0.2, 0.25) is 5.91 Å². The van der Waals surface area contributed by atoms with Crippen LogP contribution >= 0.6 is 0 Å². The number of benzene rings is 2. The van der Waals surface area contributed by atoms with Gasteiger partial charge in [0.05, 0.1) is 0 Å². The zero-order valence-electron chi connectivity index (χ0n) is 14.9. The minimum Gasteiger partial charge on any atom is -0.481 e. The van der Waals surface area contributed by atoms with E-state index in [0.29, 0.717) is 13.0 Å². The van der Waals surface area contributed by atoms with Gasteiger partial charge in [0, 0.05) is 37.3 Å². The monoisotopic (exact) mass is 348 g/mol. The Kier molecular flexibility index (Phi) is 6.29. The highest BCUT2D eigenvalue weighted by molar-refractivity contribution is 5.93. The molecule has 0 aliphatic carbocycles. The number of terminal acetylenes is 1. The molecule has 1 heterocycles. The molecule has 134 valence electrons. The van der Waals surface area contributed by atoms with Crippen LogP contribution in [0.25, 0.3) is 0 Å². The predicted octanol–water partition coefficient (Wildman–Crippen LogP) is 3.51. The Morgan fingerprint density at radius 3 is 2.65 bits per heavy atom. The van der Waals surface area contributed by atoms with Crippen molar-refractivity contribution in [3.63, 3.8) is 0 Å². The normalized spacial score (nSPS) is 14.1. The Morgan fingerprint density at radius 1 is 1.08 bits per heavy atom. The average molecular weight is 348 g/mol. The molecule has 1 aliphatic heterocycles. The van der Waals surface area contributed by atoms with Crippen LogP contribution in [-0.2, 0) is 17.9 Å². The Hall–Kier alpha value is -2.77. The Labute approximate surface area is 155 Å². The van der Waals surface area contributed by atoms with E-state index in [2.05, 4.69) is 23.4 Å². The zero-order chi connectivity index (χ0) is 18.2. The van der Waals surface area contributed by atoms with Crippen molar-refractivity contribution in [1.82, 2.24) is 5.32 Å². The summed E-state index contributed by atoms with van der Waals surface area (Å²) in [6.07, 6.45) is 8.00. The Bertz CT molecular complexity index is 777. The lowest BCUT2D eigenvalue weighted by molar-refractivity contribution is -0.119. The van der Waals surface area contributed by atoms with Crippen molar-refractivity contribution < 1.29 is 9.53 Å². The second-order valence-corrected chi connectivity index (χ2v) is 6.37. The van der Waals surface area contributed by atoms with Gasteiger partial charge in [-0.1, -0.05) is 36.3 Å². The fraction of sp³-hybridized carbons (Fsp3) is 0.318. The highest BCUT2D eigenvalue weighted by atomic mass is 16.5. The molecule has 2 aromatic rings. The maximum absolute atomic E-state index is 12.0. The van der Waals surface area contributed by atoms with Gasteiger partial charge >= 0.3 is 0 Å². The SMILES string of the molecule is C#CCOc1ccccc1CNCc1ccc(N2CCCCC2=O)cc1. The van der Waals surface area contributed by atoms with Gasteiger partial charge in [-0.25, -0.2) is 0 Å². The molecule has 1 amide bonds. The number of piperidine rings is 1. The number of carbonyl (C=O) groups excluding carboxylic acids is 1. The molecule has 0 bridgehead atoms. The minimum absolute atomic E-state index is 0.228. The van der Waals surface area contributed by atoms with Crippen LogP contribution in [0.3, 0.4) is 0 Å². The highest BCUT2D eigenvalue weighted by Gasteiger charge is 2.19. The number of carbonyl (C=O) groups is 1. The van der Waals surface area contributed by atoms with Crippen LogP contribution in [0, 0.1) is 12.3 Å². The molecule has 4 nitrogen and oxygen atoms in total. The predicted molar refractivity (Wildman–Crippen MR) is 104 cm³/mol. The number of anilines is 1. The number of rotatable bonds is 7. The van der Waals surface area contributed by atoms with Gasteiger partial charge < -0.3 is 15.0 Å². The second kappa shape index (κ2) is 9.07. The van der Waals surface area contributed by atoms with Gasteiger partial charge in [-0.05, 0) is 36.6 Å². The summed E-state index contributed by atoms with van der Waals surface area (Å²) in [5.74, 6) is 3.53. The lowest BCUT2D eigenvalue weighted by atomic mass is 10.1. The summed E-state index contributed by atoms with van der Waals surface area (Å²) in [6, 6.07) is 16.1. The lowest BCUT2D eigenvalue weighted by Gasteiger charge is -2.26. The first-order valence-electron chi connectivity index (χ1n) is 9.02. The van der Waals surface area contributed by atoms with E-state index >= 15 is 0 Å². The van der Waals surface area contributed by atoms with Gasteiger partial charge in [0.1, 0.15) is 12.4 Å². The molecule has 2 aromatic carbocycles. The van der Waals surface area contributed by atoms with E-state index in [1.165, 1.54) is 5.56 Å². The van der Waals surface area contributed by atoms with E-state index in [0.717, 1.165) is 42.9 Å². The molecule has 1 N–H and O–H groups in total. The highest BCUT2D eigenvalue weighted by Crippen LogP contribution is 2.21. The number of ether oxygens (including phenoxy) is 1. The molecular weight excluding hydrogens is 324 g/mol. The fourth-order valence-corrected chi connectivity index (χ4v) is 3.12. The molecule has 1 saturated heterocycles. The molecule has 0 saturated carbocycles. The summed E-state index contributed by atoms with van der Waals surface area (Å²) in [7, 11) is 0. The van der Waals surface area contributed by atoms with Crippen LogP contribution < -0.4 is 15.0 Å². The van der Waals surface area contributed by atoms with E-state index < -0.39 is 0 Å². The third kappa shape index (κ3) is 4.65. The van der Waals surface area contributed by atoms with Gasteiger partial charge in [-0.3, -0.25) is 4.79 Å². The third-order valence-corrected chi connectivity index (χ3v) is 4.50. The van der Waals surface area contributed by atoms with Crippen LogP contribution in [-0.4, -0.2) is 19.1 Å². The first-order chi connectivity index (χ1) is 12.8. The van der Waals surface area contributed by atoms with Gasteiger partial charge in [0.25, 0.3) is 0 Å². The van der Waals surface area contributed by atoms with E-state index in [4.69, 9.17) is 11.2 Å². The van der Waals surface area contributed by atoms with Crippen molar-refractivity contribution >= 4 is 11.6 Å². The van der Waals surface area contributed by atoms with Crippen molar-refractivity contribution in [3.8, 4) is 18.1 Å². The van der Waals surface area contributed by atoms with E-state index in [1.54, 1.807) is 0 Å². The molecule has 0 spiro atoms. The summed E-state index contributed by atoms with van der Waals surface area (Å²) in [5, 5.41) is 3.43. The quantitative estimate of drug-likeness (QED) is 0.779. The van der Waals surface area contributed by atoms with E-state index in [1.807, 2.05) is 41.3 Å². The summed E-state index contributed by atoms with van der Waals surface area (Å²) >= 11 is 0. The first kappa shape index (κ1) is 18.0. The Balaban J connectivity index is 1.54. The third-order valence-electron chi connectivity index (χ3n) is 4.50. The number of amides is 1. The molecule has 4 heteroatoms. The molecule has 26 heavy (non-hydrogen) atoms. The standard InChI is InChI=1S/C22H24N2O2/c1-2-15-26-21-8-4-3-7-19(21)17-23-16-18-10-12-20(13-11-18)24-14-6-5-9-22(24)25/h1,3-4,7-8,10-13,23H,5-6,9,14-17H2. The van der Waals surface area contributed by atoms with Crippen LogP contribution in [0.2, 0.25) is 0 Å². The smallest absolute Gasteiger partial charge is 0.226 e. The summed E-state index contributed by atoms with van der Waals surface area (Å²) in [5.41, 5.74) is 3.25. The van der Waals surface area contributed by atoms with Gasteiger partial charge in [-0.2, -0.15) is 0 Å². The molecule has 3 rings (SSSR count). The fourth-order valence-electron chi connectivity index (χ4n) is 3.12. The first-order valence-corrected chi connectivity index (χ1v) is 9.02. The van der Waals surface area contributed by atoms with Crippen LogP contribution in [0.4, 0.5) is 5.69 Å². The summed E-state index contributed by atoms with van der Waals surface area (Å²) in [4.78, 5) is 13.9. The molecule has 1 fully saturated rings. The Morgan fingerprint density at radius 2 is 1.88 bits per heavy atom. The second-order valence-electron chi connectivity index (χ2n) is 6.37. The molecular formula is C22H24N2O2. The average Bonchev–Trinajstić information content (AvgIpc) is 2.68. The molecule has 1 aliphatic rings. The van der Waals surface area contributed by atoms with E-state index in [9.17, 15) is 4.79 Å². The van der Waals surface area contributed by atoms with Crippen molar-refractivity contribution in [2.24, 2.45) is 0 Å².